The van der Waals surface area contributed by atoms with Crippen molar-refractivity contribution in [1.29, 1.82) is 10.5 Å². The lowest BCUT2D eigenvalue weighted by Crippen LogP contribution is -2.35. The first-order chi connectivity index (χ1) is 9.90. The Kier molecular flexibility index (Phi) is 6.36. The Hall–Kier alpha value is -1.89. The average Bonchev–Trinajstić information content (AvgIpc) is 2.47. The van der Waals surface area contributed by atoms with Crippen LogP contribution in [0.15, 0.2) is 29.2 Å². The van der Waals surface area contributed by atoms with Crippen molar-refractivity contribution < 1.29 is 8.42 Å². The van der Waals surface area contributed by atoms with E-state index in [0.717, 1.165) is 0 Å². The minimum atomic E-state index is -3.42. The molecule has 0 saturated carbocycles. The van der Waals surface area contributed by atoms with Crippen LogP contribution < -0.4 is 0 Å². The second-order valence-corrected chi connectivity index (χ2v) is 7.11. The zero-order chi connectivity index (χ0) is 15.9. The van der Waals surface area contributed by atoms with Gasteiger partial charge in [0.05, 0.1) is 28.4 Å². The predicted octanol–water partition coefficient (Wildman–Crippen LogP) is 1.96. The Balaban J connectivity index is 2.80. The zero-order valence-corrected chi connectivity index (χ0v) is 13.1. The van der Waals surface area contributed by atoms with E-state index in [1.807, 2.05) is 24.8 Å². The number of rotatable bonds is 7. The monoisotopic (exact) mass is 305 g/mol. The van der Waals surface area contributed by atoms with Gasteiger partial charge in [0.2, 0.25) is 0 Å². The van der Waals surface area contributed by atoms with E-state index in [0.29, 0.717) is 25.1 Å². The van der Waals surface area contributed by atoms with Gasteiger partial charge < -0.3 is 0 Å². The molecule has 0 spiro atoms. The van der Waals surface area contributed by atoms with Gasteiger partial charge in [0.25, 0.3) is 0 Å². The molecule has 0 unspecified atom stereocenters. The van der Waals surface area contributed by atoms with Gasteiger partial charge in [-0.2, -0.15) is 10.5 Å². The fourth-order valence-corrected chi connectivity index (χ4v) is 3.24. The van der Waals surface area contributed by atoms with Crippen LogP contribution in [-0.4, -0.2) is 38.2 Å². The van der Waals surface area contributed by atoms with Gasteiger partial charge in [0.15, 0.2) is 9.84 Å². The summed E-state index contributed by atoms with van der Waals surface area (Å²) in [7, 11) is -3.42. The molecule has 5 nitrogen and oxygen atoms in total. The fourth-order valence-electron chi connectivity index (χ4n) is 1.94. The van der Waals surface area contributed by atoms with Crippen LogP contribution in [0.1, 0.15) is 25.8 Å². The third-order valence-electron chi connectivity index (χ3n) is 3.21. The van der Waals surface area contributed by atoms with Gasteiger partial charge in [-0.1, -0.05) is 6.07 Å². The molecule has 0 aliphatic heterocycles. The first-order valence-corrected chi connectivity index (χ1v) is 8.40. The molecule has 0 saturated heterocycles. The summed E-state index contributed by atoms with van der Waals surface area (Å²) in [6.45, 7) is 4.88. The van der Waals surface area contributed by atoms with Gasteiger partial charge in [-0.3, -0.25) is 4.90 Å². The molecule has 0 aliphatic carbocycles. The van der Waals surface area contributed by atoms with Crippen LogP contribution in [0.4, 0.5) is 0 Å². The van der Waals surface area contributed by atoms with Crippen LogP contribution in [0.3, 0.4) is 0 Å². The van der Waals surface area contributed by atoms with Crippen molar-refractivity contribution in [2.75, 3.05) is 18.8 Å². The molecule has 21 heavy (non-hydrogen) atoms. The van der Waals surface area contributed by atoms with E-state index in [2.05, 4.69) is 6.07 Å². The summed E-state index contributed by atoms with van der Waals surface area (Å²) in [5, 5.41) is 17.5. The van der Waals surface area contributed by atoms with Crippen LogP contribution in [0.25, 0.3) is 0 Å². The highest BCUT2D eigenvalue weighted by Gasteiger charge is 2.18. The summed E-state index contributed by atoms with van der Waals surface area (Å²) in [6.07, 6.45) is 0.377. The quantitative estimate of drug-likeness (QED) is 0.768. The summed E-state index contributed by atoms with van der Waals surface area (Å²) in [4.78, 5) is 2.14. The fraction of sp³-hybridized carbons (Fsp3) is 0.467. The maximum Gasteiger partial charge on any atom is 0.179 e. The molecule has 112 valence electrons. The van der Waals surface area contributed by atoms with Crippen molar-refractivity contribution in [3.8, 4) is 12.1 Å². The summed E-state index contributed by atoms with van der Waals surface area (Å²) >= 11 is 0. The van der Waals surface area contributed by atoms with E-state index in [1.54, 1.807) is 12.1 Å². The summed E-state index contributed by atoms with van der Waals surface area (Å²) in [6, 6.07) is 10.2. The molecule has 0 bridgehead atoms. The molecule has 0 aliphatic rings. The van der Waals surface area contributed by atoms with Crippen LogP contribution in [-0.2, 0) is 9.84 Å². The number of hydrogen-bond donors (Lipinski definition) is 0. The molecule has 0 heterocycles. The number of sulfone groups is 1. The molecule has 1 aromatic rings. The molecule has 0 atom stereocenters. The lowest BCUT2D eigenvalue weighted by Gasteiger charge is -2.25. The van der Waals surface area contributed by atoms with Gasteiger partial charge in [0.1, 0.15) is 0 Å². The van der Waals surface area contributed by atoms with E-state index >= 15 is 0 Å². The lowest BCUT2D eigenvalue weighted by molar-refractivity contribution is 0.240. The van der Waals surface area contributed by atoms with E-state index in [4.69, 9.17) is 10.5 Å². The standard InChI is InChI=1S/C15H19N3O2S/c1-13(2)18(8-4-7-16)9-10-21(19,20)15-6-3-5-14(11-15)12-17/h3,5-6,11,13H,4,8-10H2,1-2H3. The molecule has 0 radical (unpaired) electrons. The van der Waals surface area contributed by atoms with Gasteiger partial charge >= 0.3 is 0 Å². The van der Waals surface area contributed by atoms with Crippen molar-refractivity contribution >= 4 is 9.84 Å². The first-order valence-electron chi connectivity index (χ1n) is 6.74. The molecule has 0 amide bonds. The summed E-state index contributed by atoms with van der Waals surface area (Å²) in [5.74, 6) is -0.0223. The first kappa shape index (κ1) is 17.2. The van der Waals surface area contributed by atoms with Gasteiger partial charge in [-0.05, 0) is 32.0 Å². The van der Waals surface area contributed by atoms with Crippen molar-refractivity contribution in [2.45, 2.75) is 31.2 Å². The highest BCUT2D eigenvalue weighted by atomic mass is 32.2. The highest BCUT2D eigenvalue weighted by molar-refractivity contribution is 7.91. The van der Waals surface area contributed by atoms with E-state index in [1.165, 1.54) is 12.1 Å². The third-order valence-corrected chi connectivity index (χ3v) is 4.90. The Labute approximate surface area is 126 Å². The van der Waals surface area contributed by atoms with Crippen molar-refractivity contribution in [3.05, 3.63) is 29.8 Å². The SMILES string of the molecule is CC(C)N(CCC#N)CCS(=O)(=O)c1cccc(C#N)c1. The van der Waals surface area contributed by atoms with Crippen LogP contribution in [0.5, 0.6) is 0 Å². The van der Waals surface area contributed by atoms with Crippen LogP contribution in [0, 0.1) is 22.7 Å². The molecule has 0 fully saturated rings. The van der Waals surface area contributed by atoms with Gasteiger partial charge in [-0.25, -0.2) is 8.42 Å². The topological polar surface area (TPSA) is 85.0 Å². The molecule has 0 aromatic heterocycles. The second-order valence-electron chi connectivity index (χ2n) is 5.00. The number of nitrogens with zero attached hydrogens (tertiary/aromatic N) is 3. The van der Waals surface area contributed by atoms with Crippen molar-refractivity contribution in [2.24, 2.45) is 0 Å². The molecule has 6 heteroatoms. The molecule has 1 rings (SSSR count). The second kappa shape index (κ2) is 7.78. The Bertz CT molecular complexity index is 654. The third kappa shape index (κ3) is 5.18. The zero-order valence-electron chi connectivity index (χ0n) is 12.3. The molecular weight excluding hydrogens is 286 g/mol. The van der Waals surface area contributed by atoms with Gasteiger partial charge in [-0.15, -0.1) is 0 Å². The summed E-state index contributed by atoms with van der Waals surface area (Å²) in [5.41, 5.74) is 0.335. The minimum absolute atomic E-state index is 0.0223. The molecule has 1 aromatic carbocycles. The van der Waals surface area contributed by atoms with E-state index in [9.17, 15) is 8.42 Å². The molecule has 0 N–H and O–H groups in total. The number of hydrogen-bond acceptors (Lipinski definition) is 5. The smallest absolute Gasteiger partial charge is 0.179 e. The maximum atomic E-state index is 12.3. The van der Waals surface area contributed by atoms with Crippen LogP contribution >= 0.6 is 0 Å². The van der Waals surface area contributed by atoms with Crippen LogP contribution in [0.2, 0.25) is 0 Å². The van der Waals surface area contributed by atoms with Crippen molar-refractivity contribution in [1.82, 2.24) is 4.90 Å². The average molecular weight is 305 g/mol. The Morgan fingerprint density at radius 3 is 2.52 bits per heavy atom. The van der Waals surface area contributed by atoms with Gasteiger partial charge in [0, 0.05) is 25.6 Å². The lowest BCUT2D eigenvalue weighted by atomic mass is 10.2. The highest BCUT2D eigenvalue weighted by Crippen LogP contribution is 2.14. The maximum absolute atomic E-state index is 12.3. The van der Waals surface area contributed by atoms with E-state index in [-0.39, 0.29) is 16.7 Å². The Morgan fingerprint density at radius 2 is 1.95 bits per heavy atom. The van der Waals surface area contributed by atoms with E-state index < -0.39 is 9.84 Å². The minimum Gasteiger partial charge on any atom is -0.299 e. The van der Waals surface area contributed by atoms with Crippen molar-refractivity contribution in [3.63, 3.8) is 0 Å². The predicted molar refractivity (Wildman–Crippen MR) is 80.1 cm³/mol. The Morgan fingerprint density at radius 1 is 1.24 bits per heavy atom. The largest absolute Gasteiger partial charge is 0.299 e. The summed E-state index contributed by atoms with van der Waals surface area (Å²) < 4.78 is 24.6. The molecular formula is C15H19N3O2S. The normalized spacial score (nSPS) is 11.3. The number of nitriles is 2. The number of benzene rings is 1.